The quantitative estimate of drug-likeness (QED) is 0.0885. The van der Waals surface area contributed by atoms with Gasteiger partial charge in [-0.2, -0.15) is 0 Å². The highest BCUT2D eigenvalue weighted by molar-refractivity contribution is 5.90. The van der Waals surface area contributed by atoms with Crippen molar-refractivity contribution in [3.63, 3.8) is 0 Å². The average molecular weight is 836 g/mol. The number of methoxy groups -OCH3 is 1. The highest BCUT2D eigenvalue weighted by atomic mass is 16.5. The van der Waals surface area contributed by atoms with Gasteiger partial charge in [0.1, 0.15) is 17.5 Å². The van der Waals surface area contributed by atoms with Gasteiger partial charge in [0.25, 0.3) is 0 Å². The molecule has 14 nitrogen and oxygen atoms in total. The third kappa shape index (κ3) is 13.5. The second-order valence-electron chi connectivity index (χ2n) is 16.8. The van der Waals surface area contributed by atoms with E-state index < -0.39 is 35.7 Å². The van der Waals surface area contributed by atoms with E-state index in [2.05, 4.69) is 15.7 Å². The van der Waals surface area contributed by atoms with Crippen LogP contribution in [-0.2, 0) is 29.0 Å². The first-order valence-corrected chi connectivity index (χ1v) is 20.9. The minimum Gasteiger partial charge on any atom is -0.457 e. The Morgan fingerprint density at radius 1 is 0.902 bits per heavy atom. The molecule has 0 bridgehead atoms. The molecule has 1 fully saturated rings. The van der Waals surface area contributed by atoms with Gasteiger partial charge < -0.3 is 29.7 Å². The molecule has 61 heavy (non-hydrogen) atoms. The summed E-state index contributed by atoms with van der Waals surface area (Å²) in [5.74, 6) is 0.623. The number of pyridine rings is 1. The van der Waals surface area contributed by atoms with Gasteiger partial charge in [0.15, 0.2) is 0 Å². The van der Waals surface area contributed by atoms with E-state index in [1.54, 1.807) is 9.80 Å². The van der Waals surface area contributed by atoms with Gasteiger partial charge in [0.2, 0.25) is 5.91 Å². The Kier molecular flexibility index (Phi) is 16.2. The van der Waals surface area contributed by atoms with Crippen LogP contribution in [0.15, 0.2) is 103 Å². The van der Waals surface area contributed by atoms with Crippen LogP contribution in [0.1, 0.15) is 63.6 Å². The van der Waals surface area contributed by atoms with Crippen LogP contribution >= 0.6 is 0 Å². The summed E-state index contributed by atoms with van der Waals surface area (Å²) in [4.78, 5) is 64.2. The normalized spacial score (nSPS) is 14.9. The summed E-state index contributed by atoms with van der Waals surface area (Å²) in [7, 11) is 1.21. The van der Waals surface area contributed by atoms with E-state index in [9.17, 15) is 24.3 Å². The van der Waals surface area contributed by atoms with E-state index in [4.69, 9.17) is 9.47 Å². The molecule has 1 aromatic heterocycles. The third-order valence-electron chi connectivity index (χ3n) is 10.5. The van der Waals surface area contributed by atoms with Gasteiger partial charge in [0, 0.05) is 38.4 Å². The number of benzene rings is 3. The fourth-order valence-electron chi connectivity index (χ4n) is 7.29. The van der Waals surface area contributed by atoms with E-state index >= 15 is 0 Å². The van der Waals surface area contributed by atoms with Crippen LogP contribution in [0.3, 0.4) is 0 Å². The average Bonchev–Trinajstić information content (AvgIpc) is 3.57. The molecule has 0 aliphatic carbocycles. The molecule has 6 amide bonds. The minimum atomic E-state index is -1.25. The Hall–Kier alpha value is -5.99. The van der Waals surface area contributed by atoms with E-state index in [1.165, 1.54) is 12.1 Å². The van der Waals surface area contributed by atoms with Gasteiger partial charge in [-0.3, -0.25) is 15.2 Å². The van der Waals surface area contributed by atoms with E-state index in [-0.39, 0.29) is 43.9 Å². The number of aromatic nitrogens is 1. The first kappa shape index (κ1) is 46.1. The van der Waals surface area contributed by atoms with Crippen LogP contribution in [-0.4, -0.2) is 105 Å². The monoisotopic (exact) mass is 835 g/mol. The van der Waals surface area contributed by atoms with E-state index in [1.807, 2.05) is 145 Å². The SMILES string of the molecule is CCC(C)C(C(=O)NC(Cc1ccccc1)C(O)CN(Cc1cccc(Oc2ccccc2)c1)NC(=O)N(CC(C)(C)C)C(=O)OC)N1CCN(Cc2cccc(C)n2)C1=O. The summed E-state index contributed by atoms with van der Waals surface area (Å²) in [5.41, 5.74) is 5.62. The van der Waals surface area contributed by atoms with Crippen molar-refractivity contribution in [3.05, 3.63) is 126 Å². The number of hydrazine groups is 1. The number of aliphatic hydroxyl groups excluding tert-OH is 1. The number of nitrogens with zero attached hydrogens (tertiary/aromatic N) is 5. The summed E-state index contributed by atoms with van der Waals surface area (Å²) < 4.78 is 11.1. The summed E-state index contributed by atoms with van der Waals surface area (Å²) in [6.07, 6.45) is -1.20. The first-order chi connectivity index (χ1) is 29.1. The van der Waals surface area contributed by atoms with Crippen LogP contribution in [0.4, 0.5) is 14.4 Å². The highest BCUT2D eigenvalue weighted by Gasteiger charge is 2.41. The predicted molar refractivity (Wildman–Crippen MR) is 233 cm³/mol. The molecule has 326 valence electrons. The fraction of sp³-hybridized carbons (Fsp3) is 0.426. The number of hydrogen-bond donors (Lipinski definition) is 3. The van der Waals surface area contributed by atoms with Crippen molar-refractivity contribution in [1.82, 2.24) is 35.4 Å². The zero-order chi connectivity index (χ0) is 44.1. The Labute approximate surface area is 359 Å². The lowest BCUT2D eigenvalue weighted by Gasteiger charge is -2.35. The highest BCUT2D eigenvalue weighted by Crippen LogP contribution is 2.25. The fourth-order valence-corrected chi connectivity index (χ4v) is 7.29. The number of aryl methyl sites for hydroxylation is 1. The second kappa shape index (κ2) is 21.5. The van der Waals surface area contributed by atoms with Gasteiger partial charge in [0.05, 0.1) is 31.5 Å². The van der Waals surface area contributed by atoms with Crippen molar-refractivity contribution in [1.29, 1.82) is 0 Å². The summed E-state index contributed by atoms with van der Waals surface area (Å²) in [5, 5.41) is 16.9. The van der Waals surface area contributed by atoms with Crippen molar-refractivity contribution in [3.8, 4) is 11.5 Å². The zero-order valence-electron chi connectivity index (χ0n) is 36.4. The summed E-state index contributed by atoms with van der Waals surface area (Å²) >= 11 is 0. The van der Waals surface area contributed by atoms with Crippen molar-refractivity contribution >= 4 is 24.1 Å². The smallest absolute Gasteiger partial charge is 0.417 e. The number of hydrogen-bond acceptors (Lipinski definition) is 9. The molecule has 3 aromatic carbocycles. The molecule has 4 aromatic rings. The number of urea groups is 2. The van der Waals surface area contributed by atoms with Crippen LogP contribution in [0, 0.1) is 18.3 Å². The van der Waals surface area contributed by atoms with Crippen LogP contribution in [0.5, 0.6) is 11.5 Å². The molecule has 5 rings (SSSR count). The Bertz CT molecular complexity index is 2060. The molecule has 3 N–H and O–H groups in total. The molecule has 2 heterocycles. The number of aliphatic hydroxyl groups is 1. The predicted octanol–water partition coefficient (Wildman–Crippen LogP) is 7.16. The maximum atomic E-state index is 14.6. The topological polar surface area (TPSA) is 157 Å². The van der Waals surface area contributed by atoms with Gasteiger partial charge in [-0.15, -0.1) is 0 Å². The number of nitrogens with one attached hydrogen (secondary N) is 2. The Balaban J connectivity index is 1.42. The van der Waals surface area contributed by atoms with E-state index in [0.29, 0.717) is 37.6 Å². The molecule has 0 spiro atoms. The molecule has 4 atom stereocenters. The number of carbonyl (C=O) groups excluding carboxylic acids is 4. The molecule has 4 unspecified atom stereocenters. The van der Waals surface area contributed by atoms with Gasteiger partial charge in [-0.25, -0.2) is 24.3 Å². The molecule has 14 heteroatoms. The molecule has 1 saturated heterocycles. The van der Waals surface area contributed by atoms with Crippen molar-refractivity contribution in [2.45, 2.75) is 85.7 Å². The van der Waals surface area contributed by atoms with Gasteiger partial charge in [-0.1, -0.05) is 108 Å². The number of ether oxygens (including phenoxy) is 2. The van der Waals surface area contributed by atoms with Gasteiger partial charge in [-0.05, 0) is 72.2 Å². The number of amides is 6. The van der Waals surface area contributed by atoms with Gasteiger partial charge >= 0.3 is 18.2 Å². The number of carbonyl (C=O) groups is 4. The largest absolute Gasteiger partial charge is 0.457 e. The Morgan fingerprint density at radius 3 is 2.21 bits per heavy atom. The van der Waals surface area contributed by atoms with Crippen LogP contribution in [0.2, 0.25) is 0 Å². The maximum Gasteiger partial charge on any atom is 0.417 e. The lowest BCUT2D eigenvalue weighted by atomic mass is 9.95. The minimum absolute atomic E-state index is 0.0557. The maximum absolute atomic E-state index is 14.6. The second-order valence-corrected chi connectivity index (χ2v) is 16.8. The Morgan fingerprint density at radius 2 is 1.56 bits per heavy atom. The number of imide groups is 1. The summed E-state index contributed by atoms with van der Waals surface area (Å²) in [6, 6.07) is 29.2. The van der Waals surface area contributed by atoms with Crippen LogP contribution in [0.25, 0.3) is 0 Å². The lowest BCUT2D eigenvalue weighted by Crippen LogP contribution is -2.59. The van der Waals surface area contributed by atoms with E-state index in [0.717, 1.165) is 27.4 Å². The molecule has 0 radical (unpaired) electrons. The van der Waals surface area contributed by atoms with Crippen molar-refractivity contribution in [2.24, 2.45) is 11.3 Å². The molecular weight excluding hydrogens is 775 g/mol. The first-order valence-electron chi connectivity index (χ1n) is 20.9. The lowest BCUT2D eigenvalue weighted by molar-refractivity contribution is -0.128. The standard InChI is InChI=1S/C47H61N7O7/c1-8-33(2)42(53-26-25-51(45(53)58)30-37-21-15-17-34(3)48-37)43(56)49-40(28-35-18-11-9-12-19-35)41(55)31-52(50-44(57)54(46(59)60-7)32-47(4,5)6)29-36-20-16-24-39(27-36)61-38-22-13-10-14-23-38/h9-24,27,33,40-42,55H,8,25-26,28-32H2,1-7H3,(H,49,56)(H,50,57). The zero-order valence-corrected chi connectivity index (χ0v) is 36.4. The molecular formula is C47H61N7O7. The van der Waals surface area contributed by atoms with Crippen LogP contribution < -0.4 is 15.5 Å². The van der Waals surface area contributed by atoms with Crippen molar-refractivity contribution in [2.75, 3.05) is 33.3 Å². The summed E-state index contributed by atoms with van der Waals surface area (Å²) in [6.45, 7) is 12.6. The molecule has 1 aliphatic heterocycles. The number of rotatable bonds is 18. The third-order valence-corrected chi connectivity index (χ3v) is 10.5. The molecule has 1 aliphatic rings. The number of para-hydroxylation sites is 1. The molecule has 0 saturated carbocycles. The van der Waals surface area contributed by atoms with Crippen molar-refractivity contribution < 1.29 is 33.8 Å².